The van der Waals surface area contributed by atoms with Gasteiger partial charge in [0.2, 0.25) is 6.41 Å². The van der Waals surface area contributed by atoms with Gasteiger partial charge in [0.1, 0.15) is 5.54 Å². The summed E-state index contributed by atoms with van der Waals surface area (Å²) < 4.78 is 2.81. The summed E-state index contributed by atoms with van der Waals surface area (Å²) in [6.45, 7) is 3.65. The molecular weight excluding hydrogens is 212 g/mol. The summed E-state index contributed by atoms with van der Waals surface area (Å²) in [6.07, 6.45) is 5.31. The number of amides is 2. The highest BCUT2D eigenvalue weighted by Gasteiger charge is 2.58. The minimum atomic E-state index is -0.717. The third-order valence-corrected chi connectivity index (χ3v) is 3.97. The van der Waals surface area contributed by atoms with Crippen LogP contribution in [-0.2, 0) is 9.59 Å². The van der Waals surface area contributed by atoms with Crippen LogP contribution in [0.15, 0.2) is 12.7 Å². The van der Waals surface area contributed by atoms with Gasteiger partial charge in [-0.15, -0.1) is 6.58 Å². The van der Waals surface area contributed by atoms with Crippen LogP contribution in [0.2, 0.25) is 0 Å². The Hall–Kier alpha value is -0.970. The Morgan fingerprint density at radius 1 is 1.53 bits per heavy atom. The van der Waals surface area contributed by atoms with Crippen molar-refractivity contribution in [2.75, 3.05) is 0 Å². The van der Waals surface area contributed by atoms with Gasteiger partial charge in [0.05, 0.1) is 0 Å². The van der Waals surface area contributed by atoms with Crippen LogP contribution >= 0.6 is 11.9 Å². The molecule has 2 amide bonds. The largest absolute Gasteiger partial charge is 0.344 e. The molecule has 0 bridgehead atoms. The quantitative estimate of drug-likeness (QED) is 0.396. The van der Waals surface area contributed by atoms with E-state index in [2.05, 4.69) is 16.6 Å². The lowest BCUT2D eigenvalue weighted by atomic mass is 10.2. The first-order valence-electron chi connectivity index (χ1n) is 5.03. The molecule has 2 saturated carbocycles. The number of hydrogen-bond donors (Lipinski definition) is 2. The molecule has 2 rings (SSSR count). The standard InChI is InChI=1S/C10H14N2O2S/c1-2-7-5-10(7,11-6-13)9(14)12-15-8-3-4-8/h2,6-8H,1,3-5H2,(H,11,13)(H,12,14). The van der Waals surface area contributed by atoms with Crippen molar-refractivity contribution in [1.29, 1.82) is 0 Å². The van der Waals surface area contributed by atoms with E-state index in [0.717, 1.165) is 0 Å². The van der Waals surface area contributed by atoms with Gasteiger partial charge in [-0.2, -0.15) is 0 Å². The first kappa shape index (κ1) is 10.5. The van der Waals surface area contributed by atoms with Gasteiger partial charge < -0.3 is 5.32 Å². The average Bonchev–Trinajstić information content (AvgIpc) is 3.10. The molecule has 0 radical (unpaired) electrons. The second-order valence-electron chi connectivity index (χ2n) is 4.03. The number of hydrogen-bond acceptors (Lipinski definition) is 3. The molecule has 0 aromatic heterocycles. The normalized spacial score (nSPS) is 32.9. The molecule has 0 spiro atoms. The van der Waals surface area contributed by atoms with Crippen molar-refractivity contribution in [2.45, 2.75) is 30.1 Å². The fraction of sp³-hybridized carbons (Fsp3) is 0.600. The molecule has 2 unspecified atom stereocenters. The third kappa shape index (κ3) is 2.02. The Morgan fingerprint density at radius 3 is 2.73 bits per heavy atom. The lowest BCUT2D eigenvalue weighted by Crippen LogP contribution is -2.45. The van der Waals surface area contributed by atoms with Crippen LogP contribution in [-0.4, -0.2) is 23.1 Å². The van der Waals surface area contributed by atoms with Gasteiger partial charge in [0.25, 0.3) is 5.91 Å². The van der Waals surface area contributed by atoms with E-state index < -0.39 is 5.54 Å². The Bertz CT molecular complexity index is 304. The second-order valence-corrected chi connectivity index (χ2v) is 5.13. The van der Waals surface area contributed by atoms with Crippen LogP contribution in [0.1, 0.15) is 19.3 Å². The molecule has 2 aliphatic rings. The molecule has 0 heterocycles. The molecule has 82 valence electrons. The van der Waals surface area contributed by atoms with Gasteiger partial charge in [-0.3, -0.25) is 14.3 Å². The summed E-state index contributed by atoms with van der Waals surface area (Å²) in [5.74, 6) is -0.0288. The zero-order chi connectivity index (χ0) is 10.9. The highest BCUT2D eigenvalue weighted by Crippen LogP contribution is 2.45. The summed E-state index contributed by atoms with van der Waals surface area (Å²) >= 11 is 1.47. The van der Waals surface area contributed by atoms with Gasteiger partial charge >= 0.3 is 0 Å². The molecule has 15 heavy (non-hydrogen) atoms. The van der Waals surface area contributed by atoms with Crippen molar-refractivity contribution in [1.82, 2.24) is 10.0 Å². The van der Waals surface area contributed by atoms with Crippen LogP contribution < -0.4 is 10.0 Å². The molecule has 2 N–H and O–H groups in total. The monoisotopic (exact) mass is 226 g/mol. The Labute approximate surface area is 93.0 Å². The van der Waals surface area contributed by atoms with E-state index in [4.69, 9.17) is 0 Å². The van der Waals surface area contributed by atoms with Gasteiger partial charge in [0, 0.05) is 11.2 Å². The molecule has 0 aromatic carbocycles. The highest BCUT2D eigenvalue weighted by atomic mass is 32.2. The van der Waals surface area contributed by atoms with Crippen LogP contribution in [0, 0.1) is 5.92 Å². The van der Waals surface area contributed by atoms with Crippen molar-refractivity contribution in [2.24, 2.45) is 5.92 Å². The molecule has 2 fully saturated rings. The zero-order valence-electron chi connectivity index (χ0n) is 8.36. The van der Waals surface area contributed by atoms with Crippen LogP contribution in [0.25, 0.3) is 0 Å². The predicted octanol–water partition coefficient (Wildman–Crippen LogP) is 0.604. The number of nitrogens with one attached hydrogen (secondary N) is 2. The van der Waals surface area contributed by atoms with E-state index in [9.17, 15) is 9.59 Å². The Morgan fingerprint density at radius 2 is 2.27 bits per heavy atom. The maximum Gasteiger partial charge on any atom is 0.256 e. The predicted molar refractivity (Wildman–Crippen MR) is 59.0 cm³/mol. The molecule has 4 nitrogen and oxygen atoms in total. The fourth-order valence-corrected chi connectivity index (χ4v) is 2.41. The highest BCUT2D eigenvalue weighted by molar-refractivity contribution is 7.98. The van der Waals surface area contributed by atoms with Crippen molar-refractivity contribution >= 4 is 24.3 Å². The van der Waals surface area contributed by atoms with Crippen LogP contribution in [0.4, 0.5) is 0 Å². The molecule has 0 saturated heterocycles. The van der Waals surface area contributed by atoms with Gasteiger partial charge in [-0.05, 0) is 31.2 Å². The number of carbonyl (C=O) groups is 2. The van der Waals surface area contributed by atoms with E-state index in [-0.39, 0.29) is 11.8 Å². The topological polar surface area (TPSA) is 58.2 Å². The Balaban J connectivity index is 1.89. The molecule has 2 atom stereocenters. The van der Waals surface area contributed by atoms with Crippen molar-refractivity contribution in [3.63, 3.8) is 0 Å². The maximum atomic E-state index is 11.8. The van der Waals surface area contributed by atoms with Crippen LogP contribution in [0.3, 0.4) is 0 Å². The van der Waals surface area contributed by atoms with Crippen LogP contribution in [0.5, 0.6) is 0 Å². The molecule has 5 heteroatoms. The van der Waals surface area contributed by atoms with Crippen molar-refractivity contribution in [3.8, 4) is 0 Å². The summed E-state index contributed by atoms with van der Waals surface area (Å²) in [5.41, 5.74) is -0.717. The SMILES string of the molecule is C=CC1CC1(NC=O)C(=O)NSC1CC1. The number of rotatable bonds is 6. The summed E-state index contributed by atoms with van der Waals surface area (Å²) in [7, 11) is 0. The minimum Gasteiger partial charge on any atom is -0.344 e. The molecule has 0 aromatic rings. The van der Waals surface area contributed by atoms with Gasteiger partial charge in [0.15, 0.2) is 0 Å². The molecular formula is C10H14N2O2S. The van der Waals surface area contributed by atoms with E-state index in [1.165, 1.54) is 24.8 Å². The molecule has 0 aliphatic heterocycles. The summed E-state index contributed by atoms with van der Waals surface area (Å²) in [4.78, 5) is 22.3. The smallest absolute Gasteiger partial charge is 0.256 e. The van der Waals surface area contributed by atoms with Crippen molar-refractivity contribution in [3.05, 3.63) is 12.7 Å². The van der Waals surface area contributed by atoms with E-state index in [1.807, 2.05) is 0 Å². The first-order chi connectivity index (χ1) is 7.23. The number of carbonyl (C=O) groups excluding carboxylic acids is 2. The molecule has 2 aliphatic carbocycles. The van der Waals surface area contributed by atoms with E-state index >= 15 is 0 Å². The van der Waals surface area contributed by atoms with Gasteiger partial charge in [-0.1, -0.05) is 6.08 Å². The van der Waals surface area contributed by atoms with E-state index in [0.29, 0.717) is 18.1 Å². The fourth-order valence-electron chi connectivity index (χ4n) is 1.58. The van der Waals surface area contributed by atoms with Crippen molar-refractivity contribution < 1.29 is 9.59 Å². The Kier molecular flexibility index (Phi) is 2.73. The summed E-state index contributed by atoms with van der Waals surface area (Å²) in [5, 5.41) is 3.17. The van der Waals surface area contributed by atoms with Gasteiger partial charge in [-0.25, -0.2) is 0 Å². The minimum absolute atomic E-state index is 0.0718. The zero-order valence-corrected chi connectivity index (χ0v) is 9.18. The lowest BCUT2D eigenvalue weighted by Gasteiger charge is -2.14. The lowest BCUT2D eigenvalue weighted by molar-refractivity contribution is -0.125. The second kappa shape index (κ2) is 3.89. The average molecular weight is 226 g/mol. The first-order valence-corrected chi connectivity index (χ1v) is 5.91. The maximum absolute atomic E-state index is 11.8. The summed E-state index contributed by atoms with van der Waals surface area (Å²) in [6, 6.07) is 0. The van der Waals surface area contributed by atoms with E-state index in [1.54, 1.807) is 6.08 Å². The third-order valence-electron chi connectivity index (χ3n) is 2.86.